The van der Waals surface area contributed by atoms with Gasteiger partial charge in [0, 0.05) is 22.0 Å². The molecule has 1 aromatic rings. The minimum Gasteiger partial charge on any atom is -0.381 e. The Morgan fingerprint density at radius 2 is 2.56 bits per heavy atom. The molecule has 1 aromatic heterocycles. The highest BCUT2D eigenvalue weighted by Crippen LogP contribution is 2.27. The summed E-state index contributed by atoms with van der Waals surface area (Å²) in [5, 5.41) is 5.59. The van der Waals surface area contributed by atoms with E-state index in [1.165, 1.54) is 22.2 Å². The van der Waals surface area contributed by atoms with E-state index in [0.29, 0.717) is 12.0 Å². The van der Waals surface area contributed by atoms with Crippen LogP contribution in [0, 0.1) is 5.92 Å². The van der Waals surface area contributed by atoms with Crippen molar-refractivity contribution in [3.63, 3.8) is 0 Å². The van der Waals surface area contributed by atoms with Crippen LogP contribution in [0.2, 0.25) is 0 Å². The van der Waals surface area contributed by atoms with Crippen molar-refractivity contribution in [3.8, 4) is 0 Å². The lowest BCUT2D eigenvalue weighted by molar-refractivity contribution is 0.0406. The van der Waals surface area contributed by atoms with Gasteiger partial charge in [-0.15, -0.1) is 11.3 Å². The van der Waals surface area contributed by atoms with Gasteiger partial charge in [0.25, 0.3) is 0 Å². The van der Waals surface area contributed by atoms with Crippen LogP contribution in [0.5, 0.6) is 0 Å². The molecule has 0 aliphatic carbocycles. The Balaban J connectivity index is 1.97. The fourth-order valence-electron chi connectivity index (χ4n) is 2.26. The zero-order chi connectivity index (χ0) is 11.4. The molecule has 2 heterocycles. The van der Waals surface area contributed by atoms with Crippen LogP contribution in [0.25, 0.3) is 0 Å². The van der Waals surface area contributed by atoms with Gasteiger partial charge in [0.1, 0.15) is 0 Å². The Kier molecular flexibility index (Phi) is 4.82. The van der Waals surface area contributed by atoms with Crippen LogP contribution in [0.4, 0.5) is 0 Å². The molecule has 1 aliphatic heterocycles. The summed E-state index contributed by atoms with van der Waals surface area (Å²) in [5.74, 6) is 0.660. The van der Waals surface area contributed by atoms with Crippen molar-refractivity contribution in [1.29, 1.82) is 0 Å². The maximum atomic E-state index is 5.57. The van der Waals surface area contributed by atoms with Gasteiger partial charge in [-0.1, -0.05) is 0 Å². The quantitative estimate of drug-likeness (QED) is 0.923. The SMILES string of the molecule is CNC(Cc1sccc1Br)C1CCCOC1. The predicted octanol–water partition coefficient (Wildman–Crippen LogP) is 3.07. The van der Waals surface area contributed by atoms with Gasteiger partial charge in [-0.2, -0.15) is 0 Å². The minimum absolute atomic E-state index is 0.537. The lowest BCUT2D eigenvalue weighted by Crippen LogP contribution is -2.39. The zero-order valence-electron chi connectivity index (χ0n) is 9.54. The van der Waals surface area contributed by atoms with Crippen molar-refractivity contribution in [2.75, 3.05) is 20.3 Å². The molecule has 1 fully saturated rings. The van der Waals surface area contributed by atoms with Crippen molar-refractivity contribution < 1.29 is 4.74 Å². The van der Waals surface area contributed by atoms with Crippen molar-refractivity contribution in [2.24, 2.45) is 5.92 Å². The molecule has 4 heteroatoms. The Labute approximate surface area is 110 Å². The molecule has 1 saturated heterocycles. The molecule has 16 heavy (non-hydrogen) atoms. The number of nitrogens with one attached hydrogen (secondary N) is 1. The van der Waals surface area contributed by atoms with Crippen molar-refractivity contribution in [1.82, 2.24) is 5.32 Å². The third-order valence-corrected chi connectivity index (χ3v) is 5.18. The lowest BCUT2D eigenvalue weighted by Gasteiger charge is -2.29. The molecule has 2 rings (SSSR count). The normalized spacial score (nSPS) is 23.2. The van der Waals surface area contributed by atoms with E-state index in [1.54, 1.807) is 0 Å². The van der Waals surface area contributed by atoms with Gasteiger partial charge < -0.3 is 10.1 Å². The molecular weight excluding hydrogens is 286 g/mol. The molecular formula is C12H18BrNOS. The summed E-state index contributed by atoms with van der Waals surface area (Å²) in [6.07, 6.45) is 3.59. The minimum atomic E-state index is 0.537. The number of hydrogen-bond donors (Lipinski definition) is 1. The predicted molar refractivity (Wildman–Crippen MR) is 72.1 cm³/mol. The average Bonchev–Trinajstić information content (AvgIpc) is 2.73. The number of likely N-dealkylation sites (N-methyl/N-ethyl adjacent to an activating group) is 1. The summed E-state index contributed by atoms with van der Waals surface area (Å²) in [4.78, 5) is 1.44. The monoisotopic (exact) mass is 303 g/mol. The third-order valence-electron chi connectivity index (χ3n) is 3.23. The number of halogens is 1. The summed E-state index contributed by atoms with van der Waals surface area (Å²) in [5.41, 5.74) is 0. The number of hydrogen-bond acceptors (Lipinski definition) is 3. The van der Waals surface area contributed by atoms with Crippen LogP contribution >= 0.6 is 27.3 Å². The van der Waals surface area contributed by atoms with Gasteiger partial charge in [-0.3, -0.25) is 0 Å². The molecule has 2 nitrogen and oxygen atoms in total. The molecule has 2 unspecified atom stereocenters. The van der Waals surface area contributed by atoms with Gasteiger partial charge in [-0.25, -0.2) is 0 Å². The summed E-state index contributed by atoms with van der Waals surface area (Å²) < 4.78 is 6.81. The van der Waals surface area contributed by atoms with Gasteiger partial charge in [0.15, 0.2) is 0 Å². The van der Waals surface area contributed by atoms with Gasteiger partial charge in [-0.05, 0) is 59.6 Å². The summed E-state index contributed by atoms with van der Waals surface area (Å²) in [7, 11) is 2.06. The Hall–Kier alpha value is 0.1000. The maximum absolute atomic E-state index is 5.57. The Morgan fingerprint density at radius 1 is 1.69 bits per heavy atom. The highest BCUT2D eigenvalue weighted by atomic mass is 79.9. The third kappa shape index (κ3) is 3.06. The number of thiophene rings is 1. The molecule has 0 bridgehead atoms. The zero-order valence-corrected chi connectivity index (χ0v) is 11.9. The molecule has 0 amide bonds. The molecule has 90 valence electrons. The summed E-state index contributed by atoms with van der Waals surface area (Å²) in [6, 6.07) is 2.67. The molecule has 2 atom stereocenters. The molecule has 0 radical (unpaired) electrons. The number of rotatable bonds is 4. The van der Waals surface area contributed by atoms with E-state index in [2.05, 4.69) is 39.7 Å². The first-order valence-electron chi connectivity index (χ1n) is 5.78. The second-order valence-electron chi connectivity index (χ2n) is 4.27. The molecule has 0 saturated carbocycles. The van der Waals surface area contributed by atoms with E-state index < -0.39 is 0 Å². The average molecular weight is 304 g/mol. The Bertz CT molecular complexity index is 323. The van der Waals surface area contributed by atoms with E-state index in [0.717, 1.165) is 19.6 Å². The molecule has 0 spiro atoms. The van der Waals surface area contributed by atoms with Gasteiger partial charge >= 0.3 is 0 Å². The van der Waals surface area contributed by atoms with E-state index in [1.807, 2.05) is 11.3 Å². The van der Waals surface area contributed by atoms with E-state index in [-0.39, 0.29) is 0 Å². The fourth-order valence-corrected chi connectivity index (χ4v) is 3.83. The van der Waals surface area contributed by atoms with Crippen LogP contribution < -0.4 is 5.32 Å². The lowest BCUT2D eigenvalue weighted by atomic mass is 9.91. The van der Waals surface area contributed by atoms with Gasteiger partial charge in [0.05, 0.1) is 6.61 Å². The Morgan fingerprint density at radius 3 is 3.12 bits per heavy atom. The second-order valence-corrected chi connectivity index (χ2v) is 6.12. The first-order valence-corrected chi connectivity index (χ1v) is 7.45. The van der Waals surface area contributed by atoms with Crippen molar-refractivity contribution in [2.45, 2.75) is 25.3 Å². The molecule has 1 aliphatic rings. The van der Waals surface area contributed by atoms with Gasteiger partial charge in [0.2, 0.25) is 0 Å². The number of ether oxygens (including phenoxy) is 1. The highest BCUT2D eigenvalue weighted by Gasteiger charge is 2.24. The van der Waals surface area contributed by atoms with Crippen LogP contribution in [-0.2, 0) is 11.2 Å². The first-order chi connectivity index (χ1) is 7.81. The second kappa shape index (κ2) is 6.15. The van der Waals surface area contributed by atoms with Crippen LogP contribution in [0.15, 0.2) is 15.9 Å². The van der Waals surface area contributed by atoms with Crippen LogP contribution in [0.1, 0.15) is 17.7 Å². The van der Waals surface area contributed by atoms with Crippen molar-refractivity contribution in [3.05, 3.63) is 20.8 Å². The topological polar surface area (TPSA) is 21.3 Å². The first kappa shape index (κ1) is 12.6. The largest absolute Gasteiger partial charge is 0.381 e. The van der Waals surface area contributed by atoms with Crippen LogP contribution in [-0.4, -0.2) is 26.3 Å². The maximum Gasteiger partial charge on any atom is 0.0509 e. The fraction of sp³-hybridized carbons (Fsp3) is 0.667. The van der Waals surface area contributed by atoms with Crippen LogP contribution in [0.3, 0.4) is 0 Å². The van der Waals surface area contributed by atoms with E-state index in [4.69, 9.17) is 4.74 Å². The molecule has 1 N–H and O–H groups in total. The highest BCUT2D eigenvalue weighted by molar-refractivity contribution is 9.10. The van der Waals surface area contributed by atoms with E-state index in [9.17, 15) is 0 Å². The molecule has 0 aromatic carbocycles. The smallest absolute Gasteiger partial charge is 0.0509 e. The standard InChI is InChI=1S/C12H18BrNOS/c1-14-11(9-3-2-5-15-8-9)7-12-10(13)4-6-16-12/h4,6,9,11,14H,2-3,5,7-8H2,1H3. The summed E-state index contributed by atoms with van der Waals surface area (Å²) in [6.45, 7) is 1.85. The van der Waals surface area contributed by atoms with E-state index >= 15 is 0 Å². The van der Waals surface area contributed by atoms with Crippen molar-refractivity contribution >= 4 is 27.3 Å². The summed E-state index contributed by atoms with van der Waals surface area (Å²) >= 11 is 5.43.